The number of carbonyl (C=O) groups is 2. The van der Waals surface area contributed by atoms with E-state index in [4.69, 9.17) is 10.5 Å². The molecule has 0 fully saturated rings. The van der Waals surface area contributed by atoms with Gasteiger partial charge < -0.3 is 15.8 Å². The lowest BCUT2D eigenvalue weighted by atomic mass is 10.2. The number of anilines is 3. The summed E-state index contributed by atoms with van der Waals surface area (Å²) in [4.78, 5) is 29.6. The summed E-state index contributed by atoms with van der Waals surface area (Å²) >= 11 is 0. The van der Waals surface area contributed by atoms with Crippen molar-refractivity contribution < 1.29 is 14.3 Å². The molecule has 0 unspecified atom stereocenters. The Morgan fingerprint density at radius 2 is 2.04 bits per heavy atom. The maximum atomic E-state index is 12.2. The van der Waals surface area contributed by atoms with Crippen molar-refractivity contribution in [2.24, 2.45) is 0 Å². The van der Waals surface area contributed by atoms with Crippen LogP contribution in [0.3, 0.4) is 0 Å². The Hall–Kier alpha value is -3.09. The number of fused-ring (bicyclic) bond motifs is 1. The van der Waals surface area contributed by atoms with Gasteiger partial charge in [-0.3, -0.25) is 14.5 Å². The molecule has 0 aliphatic carbocycles. The van der Waals surface area contributed by atoms with E-state index in [9.17, 15) is 9.59 Å². The highest BCUT2D eigenvalue weighted by Gasteiger charge is 2.28. The summed E-state index contributed by atoms with van der Waals surface area (Å²) in [6, 6.07) is 10.6. The molecule has 0 atom stereocenters. The number of rotatable bonds is 3. The van der Waals surface area contributed by atoms with Gasteiger partial charge in [-0.25, -0.2) is 4.98 Å². The molecular formula is C16H16N4O3. The summed E-state index contributed by atoms with van der Waals surface area (Å²) in [5.41, 5.74) is 7.42. The van der Waals surface area contributed by atoms with Crippen LogP contribution in [0, 0.1) is 6.92 Å². The molecule has 0 radical (unpaired) electrons. The normalized spacial score (nSPS) is 13.3. The molecule has 7 heteroatoms. The van der Waals surface area contributed by atoms with E-state index in [2.05, 4.69) is 10.3 Å². The predicted molar refractivity (Wildman–Crippen MR) is 86.3 cm³/mol. The van der Waals surface area contributed by atoms with Gasteiger partial charge in [0.2, 0.25) is 5.91 Å². The molecule has 0 saturated carbocycles. The second kappa shape index (κ2) is 5.96. The summed E-state index contributed by atoms with van der Waals surface area (Å²) in [5.74, 6) is 0.294. The Kier molecular flexibility index (Phi) is 3.84. The summed E-state index contributed by atoms with van der Waals surface area (Å²) in [6.45, 7) is 1.68. The number of benzene rings is 1. The van der Waals surface area contributed by atoms with Crippen molar-refractivity contribution in [1.82, 2.24) is 4.98 Å². The molecule has 0 spiro atoms. The number of aromatic nitrogens is 1. The van der Waals surface area contributed by atoms with E-state index in [1.165, 1.54) is 4.90 Å². The van der Waals surface area contributed by atoms with Crippen LogP contribution in [0.2, 0.25) is 0 Å². The van der Waals surface area contributed by atoms with Crippen LogP contribution in [0.1, 0.15) is 5.56 Å². The van der Waals surface area contributed by atoms with E-state index in [1.807, 2.05) is 19.1 Å². The Morgan fingerprint density at radius 3 is 2.78 bits per heavy atom. The Bertz CT molecular complexity index is 758. The molecule has 3 rings (SSSR count). The highest BCUT2D eigenvalue weighted by atomic mass is 16.5. The summed E-state index contributed by atoms with van der Waals surface area (Å²) in [6.07, 6.45) is 0. The number of amides is 2. The van der Waals surface area contributed by atoms with Gasteiger partial charge in [-0.1, -0.05) is 17.7 Å². The number of hydrogen-bond acceptors (Lipinski definition) is 5. The zero-order valence-electron chi connectivity index (χ0n) is 12.6. The molecule has 118 valence electrons. The van der Waals surface area contributed by atoms with E-state index >= 15 is 0 Å². The van der Waals surface area contributed by atoms with Crippen molar-refractivity contribution in [2.45, 2.75) is 6.92 Å². The highest BCUT2D eigenvalue weighted by Crippen LogP contribution is 2.30. The van der Waals surface area contributed by atoms with Crippen molar-refractivity contribution in [3.05, 3.63) is 42.0 Å². The van der Waals surface area contributed by atoms with Gasteiger partial charge in [0, 0.05) is 5.69 Å². The minimum absolute atomic E-state index is 0.129. The summed E-state index contributed by atoms with van der Waals surface area (Å²) < 4.78 is 5.29. The lowest BCUT2D eigenvalue weighted by Gasteiger charge is -2.27. The Labute approximate surface area is 133 Å². The first-order chi connectivity index (χ1) is 11.0. The van der Waals surface area contributed by atoms with E-state index in [1.54, 1.807) is 24.3 Å². The van der Waals surface area contributed by atoms with Gasteiger partial charge in [0.05, 0.1) is 0 Å². The maximum absolute atomic E-state index is 12.2. The van der Waals surface area contributed by atoms with E-state index < -0.39 is 0 Å². The highest BCUT2D eigenvalue weighted by molar-refractivity contribution is 6.04. The molecule has 1 aliphatic heterocycles. The molecule has 1 aromatic carbocycles. The fraction of sp³-hybridized carbons (Fsp3) is 0.188. The zero-order chi connectivity index (χ0) is 16.4. The first-order valence-corrected chi connectivity index (χ1v) is 7.09. The Balaban J connectivity index is 1.76. The minimum atomic E-state index is -0.338. The standard InChI is InChI=1S/C16H16N4O3/c1-10-2-4-11(5-3-10)18-14(21)8-20-15(22)9-23-12-6-7-13(17)19-16(12)20/h2-7H,8-9H2,1H3,(H2,17,19)(H,18,21). The molecule has 7 nitrogen and oxygen atoms in total. The molecular weight excluding hydrogens is 296 g/mol. The molecule has 2 aromatic rings. The van der Waals surface area contributed by atoms with Crippen molar-refractivity contribution >= 4 is 29.1 Å². The summed E-state index contributed by atoms with van der Waals surface area (Å²) in [5, 5.41) is 2.75. The number of carbonyl (C=O) groups excluding carboxylic acids is 2. The monoisotopic (exact) mass is 312 g/mol. The average molecular weight is 312 g/mol. The lowest BCUT2D eigenvalue weighted by molar-refractivity contribution is -0.123. The quantitative estimate of drug-likeness (QED) is 0.891. The zero-order valence-corrected chi connectivity index (χ0v) is 12.6. The summed E-state index contributed by atoms with van der Waals surface area (Å²) in [7, 11) is 0. The predicted octanol–water partition coefficient (Wildman–Crippen LogP) is 1.34. The van der Waals surface area contributed by atoms with Crippen LogP contribution in [0.25, 0.3) is 0 Å². The molecule has 2 heterocycles. The van der Waals surface area contributed by atoms with Crippen molar-refractivity contribution in [2.75, 3.05) is 29.1 Å². The number of nitrogens with zero attached hydrogens (tertiary/aromatic N) is 2. The third kappa shape index (κ3) is 3.23. The van der Waals surface area contributed by atoms with E-state index in [-0.39, 0.29) is 36.6 Å². The first kappa shape index (κ1) is 14.8. The van der Waals surface area contributed by atoms with Gasteiger partial charge in [0.25, 0.3) is 5.91 Å². The average Bonchev–Trinajstić information content (AvgIpc) is 2.52. The van der Waals surface area contributed by atoms with Crippen molar-refractivity contribution in [1.29, 1.82) is 0 Å². The number of nitrogens with one attached hydrogen (secondary N) is 1. The third-order valence-electron chi connectivity index (χ3n) is 3.41. The van der Waals surface area contributed by atoms with Gasteiger partial charge in [-0.15, -0.1) is 0 Å². The van der Waals surface area contributed by atoms with Gasteiger partial charge in [-0.2, -0.15) is 0 Å². The van der Waals surface area contributed by atoms with Crippen molar-refractivity contribution in [3.63, 3.8) is 0 Å². The van der Waals surface area contributed by atoms with Crippen LogP contribution in [0.15, 0.2) is 36.4 Å². The van der Waals surface area contributed by atoms with Gasteiger partial charge >= 0.3 is 0 Å². The van der Waals surface area contributed by atoms with Crippen molar-refractivity contribution in [3.8, 4) is 5.75 Å². The number of ether oxygens (including phenoxy) is 1. The number of pyridine rings is 1. The van der Waals surface area contributed by atoms with Crippen LogP contribution in [0.5, 0.6) is 5.75 Å². The number of nitrogen functional groups attached to an aromatic ring is 1. The van der Waals surface area contributed by atoms with Crippen LogP contribution in [-0.2, 0) is 9.59 Å². The molecule has 0 saturated heterocycles. The lowest BCUT2D eigenvalue weighted by Crippen LogP contribution is -2.44. The molecule has 1 aliphatic rings. The number of aryl methyl sites for hydroxylation is 1. The third-order valence-corrected chi connectivity index (χ3v) is 3.41. The first-order valence-electron chi connectivity index (χ1n) is 7.09. The van der Waals surface area contributed by atoms with Crippen LogP contribution in [0.4, 0.5) is 17.3 Å². The van der Waals surface area contributed by atoms with E-state index in [0.717, 1.165) is 5.56 Å². The molecule has 1 aromatic heterocycles. The minimum Gasteiger partial charge on any atom is -0.480 e. The fourth-order valence-corrected chi connectivity index (χ4v) is 2.24. The van der Waals surface area contributed by atoms with Gasteiger partial charge in [0.1, 0.15) is 12.4 Å². The fourth-order valence-electron chi connectivity index (χ4n) is 2.24. The second-order valence-corrected chi connectivity index (χ2v) is 5.24. The number of nitrogens with two attached hydrogens (primary N) is 1. The second-order valence-electron chi connectivity index (χ2n) is 5.24. The van der Waals surface area contributed by atoms with Crippen LogP contribution >= 0.6 is 0 Å². The van der Waals surface area contributed by atoms with Crippen LogP contribution < -0.4 is 20.7 Å². The van der Waals surface area contributed by atoms with Gasteiger partial charge in [0.15, 0.2) is 18.2 Å². The molecule has 0 bridgehead atoms. The topological polar surface area (TPSA) is 97.5 Å². The maximum Gasteiger partial charge on any atom is 0.266 e. The molecule has 2 amide bonds. The van der Waals surface area contributed by atoms with Gasteiger partial charge in [-0.05, 0) is 31.2 Å². The molecule has 23 heavy (non-hydrogen) atoms. The largest absolute Gasteiger partial charge is 0.480 e. The van der Waals surface area contributed by atoms with E-state index in [0.29, 0.717) is 11.4 Å². The smallest absolute Gasteiger partial charge is 0.266 e. The van der Waals surface area contributed by atoms with Crippen LogP contribution in [-0.4, -0.2) is 29.9 Å². The Morgan fingerprint density at radius 1 is 1.30 bits per heavy atom. The number of hydrogen-bond donors (Lipinski definition) is 2. The molecule has 3 N–H and O–H groups in total. The SMILES string of the molecule is Cc1ccc(NC(=O)CN2C(=O)COc3ccc(N)nc32)cc1.